The van der Waals surface area contributed by atoms with Crippen molar-refractivity contribution in [1.82, 2.24) is 5.32 Å². The van der Waals surface area contributed by atoms with E-state index in [-0.39, 0.29) is 29.0 Å². The number of fused-ring (bicyclic) bond motifs is 1. The highest BCUT2D eigenvalue weighted by Crippen LogP contribution is 2.36. The molecule has 2 heterocycles. The second kappa shape index (κ2) is 9.81. The molecule has 0 spiro atoms. The first-order chi connectivity index (χ1) is 15.7. The second-order valence-corrected chi connectivity index (χ2v) is 9.77. The van der Waals surface area contributed by atoms with Crippen LogP contribution >= 0.6 is 34.5 Å². The predicted octanol–water partition coefficient (Wildman–Crippen LogP) is 6.05. The molecule has 1 aliphatic heterocycles. The maximum absolute atomic E-state index is 14.1. The summed E-state index contributed by atoms with van der Waals surface area (Å²) in [4.78, 5) is 26.2. The van der Waals surface area contributed by atoms with Gasteiger partial charge in [0, 0.05) is 21.2 Å². The van der Waals surface area contributed by atoms with Crippen LogP contribution in [-0.4, -0.2) is 23.6 Å². The van der Waals surface area contributed by atoms with Crippen molar-refractivity contribution in [2.45, 2.75) is 32.4 Å². The number of hydrogen-bond donors (Lipinski definition) is 2. The minimum Gasteiger partial charge on any atom is -0.478 e. The van der Waals surface area contributed by atoms with Crippen molar-refractivity contribution in [3.8, 4) is 0 Å². The Morgan fingerprint density at radius 1 is 1.21 bits per heavy atom. The molecule has 0 bridgehead atoms. The molecule has 5 nitrogen and oxygen atoms in total. The summed E-state index contributed by atoms with van der Waals surface area (Å²) in [6, 6.07) is 8.70. The molecular formula is C24H20Cl2FNO4S. The van der Waals surface area contributed by atoms with Crippen LogP contribution in [0, 0.1) is 5.82 Å². The van der Waals surface area contributed by atoms with Gasteiger partial charge in [-0.15, -0.1) is 11.3 Å². The van der Waals surface area contributed by atoms with Crippen LogP contribution in [0.4, 0.5) is 4.39 Å². The average molecular weight is 508 g/mol. The van der Waals surface area contributed by atoms with Gasteiger partial charge in [0.25, 0.3) is 5.91 Å². The van der Waals surface area contributed by atoms with Gasteiger partial charge in [0.15, 0.2) is 0 Å². The number of nitrogens with one attached hydrogen (secondary N) is 1. The van der Waals surface area contributed by atoms with E-state index in [1.54, 1.807) is 12.1 Å². The van der Waals surface area contributed by atoms with Gasteiger partial charge in [-0.25, -0.2) is 9.18 Å². The van der Waals surface area contributed by atoms with E-state index < -0.39 is 11.8 Å². The number of benzene rings is 2. The molecule has 3 aromatic rings. The fraction of sp³-hybridized carbons (Fsp3) is 0.250. The number of carboxylic acids is 1. The van der Waals surface area contributed by atoms with E-state index >= 15 is 0 Å². The molecule has 0 saturated heterocycles. The number of thiophene rings is 1. The highest BCUT2D eigenvalue weighted by Gasteiger charge is 2.27. The molecule has 33 heavy (non-hydrogen) atoms. The first kappa shape index (κ1) is 23.7. The third-order valence-corrected chi connectivity index (χ3v) is 7.41. The fourth-order valence-electron chi connectivity index (χ4n) is 3.82. The Labute approximate surface area is 204 Å². The van der Waals surface area contributed by atoms with Crippen LogP contribution in [0.1, 0.15) is 60.1 Å². The molecule has 0 aliphatic carbocycles. The molecule has 1 aromatic heterocycles. The maximum Gasteiger partial charge on any atom is 0.335 e. The quantitative estimate of drug-likeness (QED) is 0.398. The van der Waals surface area contributed by atoms with E-state index in [2.05, 4.69) is 5.32 Å². The van der Waals surface area contributed by atoms with E-state index in [4.69, 9.17) is 33.0 Å². The Hall–Kier alpha value is -2.45. The molecular weight excluding hydrogens is 488 g/mol. The first-order valence-corrected chi connectivity index (χ1v) is 11.8. The molecule has 2 aromatic carbocycles. The first-order valence-electron chi connectivity index (χ1n) is 10.2. The number of ether oxygens (including phenoxy) is 1. The van der Waals surface area contributed by atoms with Crippen molar-refractivity contribution in [3.05, 3.63) is 89.8 Å². The zero-order valence-corrected chi connectivity index (χ0v) is 19.9. The molecule has 172 valence electrons. The molecule has 9 heteroatoms. The highest BCUT2D eigenvalue weighted by atomic mass is 35.5. The third kappa shape index (κ3) is 5.06. The summed E-state index contributed by atoms with van der Waals surface area (Å²) in [6.07, 6.45) is 0.897. The topological polar surface area (TPSA) is 75.6 Å². The zero-order valence-electron chi connectivity index (χ0n) is 17.6. The average Bonchev–Trinajstić information content (AvgIpc) is 3.15. The van der Waals surface area contributed by atoms with Gasteiger partial charge in [-0.1, -0.05) is 35.3 Å². The van der Waals surface area contributed by atoms with Crippen LogP contribution in [-0.2, 0) is 24.2 Å². The Balaban J connectivity index is 1.63. The standard InChI is InChI=1S/C24H20Cl2FNO4S/c1-12(13-2-4-14(5-3-13)24(30)31)28-23(29)22-16-6-7-32-11-21(16)33-20(22)9-15-8-19(27)18(26)10-17(15)25/h2-5,8,10,12H,6-7,9,11H2,1H3,(H,28,29)(H,30,31)/t12-/m0/s1. The van der Waals surface area contributed by atoms with Gasteiger partial charge in [-0.05, 0) is 54.3 Å². The lowest BCUT2D eigenvalue weighted by molar-refractivity contribution is 0.0696. The number of carboxylic acid groups (broad SMARTS) is 1. The zero-order chi connectivity index (χ0) is 23.7. The van der Waals surface area contributed by atoms with E-state index in [1.165, 1.54) is 35.6 Å². The number of carbonyl (C=O) groups is 2. The monoisotopic (exact) mass is 507 g/mol. The van der Waals surface area contributed by atoms with Crippen LogP contribution in [0.3, 0.4) is 0 Å². The largest absolute Gasteiger partial charge is 0.478 e. The molecule has 1 atom stereocenters. The summed E-state index contributed by atoms with van der Waals surface area (Å²) in [5, 5.41) is 12.4. The summed E-state index contributed by atoms with van der Waals surface area (Å²) < 4.78 is 19.6. The van der Waals surface area contributed by atoms with Crippen molar-refractivity contribution in [2.24, 2.45) is 0 Å². The van der Waals surface area contributed by atoms with Gasteiger partial charge in [-0.3, -0.25) is 4.79 Å². The van der Waals surface area contributed by atoms with Crippen LogP contribution in [0.25, 0.3) is 0 Å². The molecule has 0 unspecified atom stereocenters. The fourth-order valence-corrected chi connectivity index (χ4v) is 5.58. The summed E-state index contributed by atoms with van der Waals surface area (Å²) in [6.45, 7) is 2.78. The van der Waals surface area contributed by atoms with E-state index in [0.29, 0.717) is 35.8 Å². The molecule has 2 N–H and O–H groups in total. The molecule has 4 rings (SSSR count). The summed E-state index contributed by atoms with van der Waals surface area (Å²) >= 11 is 13.6. The van der Waals surface area contributed by atoms with Crippen molar-refractivity contribution >= 4 is 46.4 Å². The smallest absolute Gasteiger partial charge is 0.335 e. The third-order valence-electron chi connectivity index (χ3n) is 5.57. The number of rotatable bonds is 6. The summed E-state index contributed by atoms with van der Waals surface area (Å²) in [7, 11) is 0. The number of amides is 1. The Morgan fingerprint density at radius 3 is 2.64 bits per heavy atom. The second-order valence-electron chi connectivity index (χ2n) is 7.76. The minimum atomic E-state index is -1.01. The molecule has 0 saturated carbocycles. The molecule has 0 radical (unpaired) electrons. The normalized spacial score (nSPS) is 13.9. The van der Waals surface area contributed by atoms with Crippen LogP contribution in [0.5, 0.6) is 0 Å². The van der Waals surface area contributed by atoms with Gasteiger partial charge in [-0.2, -0.15) is 0 Å². The van der Waals surface area contributed by atoms with Crippen LogP contribution in [0.2, 0.25) is 10.0 Å². The Bertz CT molecular complexity index is 1230. The number of aromatic carboxylic acids is 1. The van der Waals surface area contributed by atoms with Gasteiger partial charge in [0.05, 0.1) is 35.4 Å². The molecule has 1 amide bonds. The van der Waals surface area contributed by atoms with Crippen LogP contribution in [0.15, 0.2) is 36.4 Å². The lowest BCUT2D eigenvalue weighted by Gasteiger charge is -2.18. The lowest BCUT2D eigenvalue weighted by atomic mass is 9.99. The van der Waals surface area contributed by atoms with Crippen molar-refractivity contribution < 1.29 is 23.8 Å². The highest BCUT2D eigenvalue weighted by molar-refractivity contribution is 7.12. The number of carbonyl (C=O) groups excluding carboxylic acids is 1. The van der Waals surface area contributed by atoms with E-state index in [1.807, 2.05) is 6.92 Å². The number of halogens is 3. The van der Waals surface area contributed by atoms with Gasteiger partial charge in [0.1, 0.15) is 5.82 Å². The SMILES string of the molecule is C[C@H](NC(=O)c1c(Cc2cc(F)c(Cl)cc2Cl)sc2c1CCOC2)c1ccc(C(=O)O)cc1. The summed E-state index contributed by atoms with van der Waals surface area (Å²) in [5.74, 6) is -1.82. The molecule has 1 aliphatic rings. The summed E-state index contributed by atoms with van der Waals surface area (Å²) in [5.41, 5.74) is 3.02. The van der Waals surface area contributed by atoms with Gasteiger partial charge in [0.2, 0.25) is 0 Å². The van der Waals surface area contributed by atoms with Crippen molar-refractivity contribution in [1.29, 1.82) is 0 Å². The van der Waals surface area contributed by atoms with E-state index in [9.17, 15) is 14.0 Å². The maximum atomic E-state index is 14.1. The van der Waals surface area contributed by atoms with Crippen molar-refractivity contribution in [3.63, 3.8) is 0 Å². The Morgan fingerprint density at radius 2 is 1.94 bits per heavy atom. The Kier molecular flexibility index (Phi) is 7.05. The van der Waals surface area contributed by atoms with E-state index in [0.717, 1.165) is 20.9 Å². The van der Waals surface area contributed by atoms with Crippen LogP contribution < -0.4 is 5.32 Å². The van der Waals surface area contributed by atoms with Gasteiger partial charge < -0.3 is 15.2 Å². The van der Waals surface area contributed by atoms with Gasteiger partial charge >= 0.3 is 5.97 Å². The molecule has 0 fully saturated rings. The lowest BCUT2D eigenvalue weighted by Crippen LogP contribution is -2.28. The van der Waals surface area contributed by atoms with Crippen molar-refractivity contribution in [2.75, 3.05) is 6.61 Å². The number of hydrogen-bond acceptors (Lipinski definition) is 4. The minimum absolute atomic E-state index is 0.0525. The predicted molar refractivity (Wildman–Crippen MR) is 126 cm³/mol.